The number of hydrogen-bond acceptors (Lipinski definition) is 15. The van der Waals surface area contributed by atoms with Crippen LogP contribution in [0.25, 0.3) is 0 Å². The lowest BCUT2D eigenvalue weighted by Crippen LogP contribution is -2.54. The summed E-state index contributed by atoms with van der Waals surface area (Å²) in [4.78, 5) is 97.5. The van der Waals surface area contributed by atoms with Gasteiger partial charge in [-0.1, -0.05) is 0 Å². The Morgan fingerprint density at radius 2 is 1.10 bits per heavy atom. The number of carboxylic acids is 1. The molecule has 0 unspecified atom stereocenters. The number of aliphatic carboxylic acids is 1. The number of nitro benzene ring substituents is 1. The summed E-state index contributed by atoms with van der Waals surface area (Å²) in [5.74, 6) is -9.05. The number of ether oxygens (including phenoxy) is 6. The second-order valence-electron chi connectivity index (χ2n) is 9.66. The Balaban J connectivity index is 1.94. The Bertz CT molecular complexity index is 1840. The summed E-state index contributed by atoms with van der Waals surface area (Å²) < 4.78 is 30.4. The molecular formula is C31H27N3O16. The van der Waals surface area contributed by atoms with Crippen molar-refractivity contribution >= 4 is 47.3 Å². The number of amides is 2. The predicted octanol–water partition coefficient (Wildman–Crippen LogP) is 1.76. The molecule has 3 N–H and O–H groups in total. The van der Waals surface area contributed by atoms with Crippen molar-refractivity contribution in [1.82, 2.24) is 10.9 Å². The summed E-state index contributed by atoms with van der Waals surface area (Å²) in [7, 11) is 2.38. The van der Waals surface area contributed by atoms with Crippen molar-refractivity contribution < 1.29 is 72.0 Å². The van der Waals surface area contributed by atoms with Crippen LogP contribution in [-0.2, 0) is 28.7 Å². The van der Waals surface area contributed by atoms with Gasteiger partial charge in [-0.25, -0.2) is 14.4 Å². The fourth-order valence-corrected chi connectivity index (χ4v) is 3.92. The second kappa shape index (κ2) is 16.7. The first-order valence-electron chi connectivity index (χ1n) is 13.9. The van der Waals surface area contributed by atoms with E-state index in [2.05, 4.69) is 0 Å². The van der Waals surface area contributed by atoms with Crippen LogP contribution in [-0.4, -0.2) is 78.1 Å². The molecule has 3 rings (SSSR count). The van der Waals surface area contributed by atoms with Crippen LogP contribution in [0, 0.1) is 10.1 Å². The Morgan fingerprint density at radius 1 is 0.660 bits per heavy atom. The van der Waals surface area contributed by atoms with Gasteiger partial charge in [0.05, 0.1) is 30.3 Å². The number of nitrogens with one attached hydrogen (secondary N) is 2. The maximum atomic E-state index is 13.3. The molecular weight excluding hydrogens is 670 g/mol. The number of hydrogen-bond donors (Lipinski definition) is 3. The van der Waals surface area contributed by atoms with Gasteiger partial charge in [0, 0.05) is 31.5 Å². The quantitative estimate of drug-likeness (QED) is 0.0994. The Hall–Kier alpha value is -7.05. The van der Waals surface area contributed by atoms with E-state index < -0.39 is 58.8 Å². The van der Waals surface area contributed by atoms with Crippen molar-refractivity contribution in [2.75, 3.05) is 14.2 Å². The fourth-order valence-electron chi connectivity index (χ4n) is 3.92. The molecule has 0 aliphatic heterocycles. The lowest BCUT2D eigenvalue weighted by Gasteiger charge is -2.24. The summed E-state index contributed by atoms with van der Waals surface area (Å²) in [5.41, 5.74) is 2.62. The number of carbonyl (C=O) groups excluding carboxylic acids is 6. The molecule has 0 heterocycles. The molecule has 2 atom stereocenters. The topological polar surface area (TPSA) is 262 Å². The number of carbonyl (C=O) groups is 7. The number of hydrazine groups is 1. The van der Waals surface area contributed by atoms with Crippen molar-refractivity contribution in [3.63, 3.8) is 0 Å². The molecule has 3 aromatic rings. The van der Waals surface area contributed by atoms with Gasteiger partial charge in [0.2, 0.25) is 12.2 Å². The summed E-state index contributed by atoms with van der Waals surface area (Å²) in [6, 6.07) is 10.7. The highest BCUT2D eigenvalue weighted by Crippen LogP contribution is 2.30. The van der Waals surface area contributed by atoms with Crippen LogP contribution in [0.3, 0.4) is 0 Å². The van der Waals surface area contributed by atoms with Crippen molar-refractivity contribution in [3.8, 4) is 23.0 Å². The first-order valence-corrected chi connectivity index (χ1v) is 13.9. The van der Waals surface area contributed by atoms with Crippen LogP contribution in [0.1, 0.15) is 44.9 Å². The van der Waals surface area contributed by atoms with E-state index >= 15 is 0 Å². The minimum absolute atomic E-state index is 0.0866. The highest BCUT2D eigenvalue weighted by Gasteiger charge is 2.41. The molecule has 50 heavy (non-hydrogen) atoms. The van der Waals surface area contributed by atoms with E-state index in [0.717, 1.165) is 74.5 Å². The van der Waals surface area contributed by atoms with Gasteiger partial charge in [0.15, 0.2) is 23.0 Å². The highest BCUT2D eigenvalue weighted by molar-refractivity contribution is 5.99. The third-order valence-corrected chi connectivity index (χ3v) is 6.19. The third kappa shape index (κ3) is 9.73. The number of rotatable bonds is 13. The van der Waals surface area contributed by atoms with Gasteiger partial charge in [-0.3, -0.25) is 40.1 Å². The summed E-state index contributed by atoms with van der Waals surface area (Å²) in [6.45, 7) is 2.23. The van der Waals surface area contributed by atoms with Crippen LogP contribution in [0.4, 0.5) is 5.69 Å². The minimum Gasteiger partial charge on any atom is -0.493 e. The molecule has 0 saturated heterocycles. The molecule has 0 bridgehead atoms. The van der Waals surface area contributed by atoms with Crippen molar-refractivity contribution in [2.45, 2.75) is 26.1 Å². The van der Waals surface area contributed by atoms with Crippen LogP contribution >= 0.6 is 0 Å². The van der Waals surface area contributed by atoms with Gasteiger partial charge >= 0.3 is 29.8 Å². The first kappa shape index (κ1) is 37.4. The first-order chi connectivity index (χ1) is 23.6. The van der Waals surface area contributed by atoms with Gasteiger partial charge in [-0.05, 0) is 48.5 Å². The third-order valence-electron chi connectivity index (χ3n) is 6.19. The second-order valence-corrected chi connectivity index (χ2v) is 9.66. The number of nitrogens with zero attached hydrogens (tertiary/aromatic N) is 1. The molecule has 262 valence electrons. The number of nitro groups is 1. The molecule has 19 nitrogen and oxygen atoms in total. The Kier molecular flexibility index (Phi) is 12.5. The molecule has 0 fully saturated rings. The monoisotopic (exact) mass is 697 g/mol. The van der Waals surface area contributed by atoms with Crippen LogP contribution in [0.15, 0.2) is 60.7 Å². The molecule has 3 aromatic carbocycles. The lowest BCUT2D eigenvalue weighted by molar-refractivity contribution is -0.384. The lowest BCUT2D eigenvalue weighted by atomic mass is 10.1. The van der Waals surface area contributed by atoms with E-state index in [1.165, 1.54) is 14.2 Å². The smallest absolute Gasteiger partial charge is 0.349 e. The zero-order chi connectivity index (χ0) is 37.1. The number of benzene rings is 3. The fraction of sp³-hybridized carbons (Fsp3) is 0.194. The maximum absolute atomic E-state index is 13.3. The van der Waals surface area contributed by atoms with E-state index in [4.69, 9.17) is 28.4 Å². The predicted molar refractivity (Wildman–Crippen MR) is 163 cm³/mol. The van der Waals surface area contributed by atoms with E-state index in [0.29, 0.717) is 0 Å². The average Bonchev–Trinajstić information content (AvgIpc) is 3.07. The number of carboxylic acid groups (broad SMARTS) is 1. The normalized spacial score (nSPS) is 11.4. The molecule has 2 amide bonds. The Labute approximate surface area is 281 Å². The van der Waals surface area contributed by atoms with Crippen LogP contribution in [0.5, 0.6) is 23.0 Å². The zero-order valence-corrected chi connectivity index (χ0v) is 26.4. The average molecular weight is 698 g/mol. The van der Waals surface area contributed by atoms with Crippen LogP contribution in [0.2, 0.25) is 0 Å². The van der Waals surface area contributed by atoms with E-state index in [9.17, 15) is 48.8 Å². The van der Waals surface area contributed by atoms with Gasteiger partial charge in [0.25, 0.3) is 17.5 Å². The summed E-state index contributed by atoms with van der Waals surface area (Å²) in [6.07, 6.45) is -5.04. The largest absolute Gasteiger partial charge is 0.493 e. The molecule has 0 aliphatic carbocycles. The number of non-ortho nitro benzene ring substituents is 1. The molecule has 19 heteroatoms. The summed E-state index contributed by atoms with van der Waals surface area (Å²) >= 11 is 0. The SMILES string of the molecule is COc1cc(C(=O)O[C@@H](C(=O)O)[C@@H](OC(=O)c2ccc(OC(C)=O)c(OC)c2)C(=O)NNC(=O)c2ccc([N+](=O)[O-])cc2)ccc1OC(C)=O. The number of methoxy groups -OCH3 is 2. The van der Waals surface area contributed by atoms with E-state index in [1.807, 2.05) is 10.9 Å². The summed E-state index contributed by atoms with van der Waals surface area (Å²) in [5, 5.41) is 20.9. The van der Waals surface area contributed by atoms with Crippen molar-refractivity contribution in [2.24, 2.45) is 0 Å². The Morgan fingerprint density at radius 3 is 1.50 bits per heavy atom. The van der Waals surface area contributed by atoms with Crippen molar-refractivity contribution in [3.05, 3.63) is 87.5 Å². The molecule has 0 spiro atoms. The van der Waals surface area contributed by atoms with Gasteiger partial charge in [-0.2, -0.15) is 0 Å². The zero-order valence-electron chi connectivity index (χ0n) is 26.4. The van der Waals surface area contributed by atoms with Gasteiger partial charge in [0.1, 0.15) is 0 Å². The van der Waals surface area contributed by atoms with Crippen LogP contribution < -0.4 is 29.8 Å². The minimum atomic E-state index is -2.55. The van der Waals surface area contributed by atoms with Gasteiger partial charge in [-0.15, -0.1) is 0 Å². The van der Waals surface area contributed by atoms with Gasteiger partial charge < -0.3 is 33.5 Å². The van der Waals surface area contributed by atoms with E-state index in [1.54, 1.807) is 0 Å². The standard InChI is InChI=1S/C31H27N3O16/c1-15(35)47-21-11-7-18(13-23(21)45-3)30(41)49-25(28(38)33-32-27(37)17-5-9-20(10-6-17)34(43)44)26(29(39)40)50-31(42)19-8-12-22(48-16(2)36)24(14-19)46-4/h5-14,25-26H,1-4H3,(H,32,37)(H,33,38)(H,39,40)/t25-,26-/m1/s1. The number of esters is 4. The van der Waals surface area contributed by atoms with E-state index in [-0.39, 0.29) is 45.4 Å². The van der Waals surface area contributed by atoms with Crippen molar-refractivity contribution in [1.29, 1.82) is 0 Å². The molecule has 0 aromatic heterocycles. The maximum Gasteiger partial charge on any atom is 0.349 e. The highest BCUT2D eigenvalue weighted by atomic mass is 16.6. The molecule has 0 aliphatic rings. The molecule has 0 saturated carbocycles. The molecule has 0 radical (unpaired) electrons.